The quantitative estimate of drug-likeness (QED) is 0.649. The SMILES string of the molecule is CC(Oc1ccc(Cl)cc1Cl)C(=O)NC1(CO)CN(C(=O)c2cnc(C3CC3)s2)C1. The number of hydrogen-bond acceptors (Lipinski definition) is 6. The van der Waals surface area contributed by atoms with Crippen LogP contribution in [-0.2, 0) is 4.79 Å². The van der Waals surface area contributed by atoms with Crippen molar-refractivity contribution in [2.45, 2.75) is 37.3 Å². The number of carbonyl (C=O) groups is 2. The fraction of sp³-hybridized carbons (Fsp3) is 0.450. The van der Waals surface area contributed by atoms with Crippen molar-refractivity contribution in [1.82, 2.24) is 15.2 Å². The van der Waals surface area contributed by atoms with E-state index in [2.05, 4.69) is 10.3 Å². The largest absolute Gasteiger partial charge is 0.479 e. The summed E-state index contributed by atoms with van der Waals surface area (Å²) < 4.78 is 5.62. The molecule has 1 aromatic carbocycles. The Hall–Kier alpha value is -1.87. The molecule has 1 unspecified atom stereocenters. The van der Waals surface area contributed by atoms with E-state index in [9.17, 15) is 14.7 Å². The summed E-state index contributed by atoms with van der Waals surface area (Å²) in [5, 5.41) is 14.4. The lowest BCUT2D eigenvalue weighted by molar-refractivity contribution is -0.132. The Bertz CT molecular complexity index is 973. The van der Waals surface area contributed by atoms with E-state index in [-0.39, 0.29) is 25.6 Å². The number of rotatable bonds is 7. The van der Waals surface area contributed by atoms with Crippen LogP contribution in [0.3, 0.4) is 0 Å². The number of thiazole rings is 1. The van der Waals surface area contributed by atoms with Gasteiger partial charge in [-0.2, -0.15) is 0 Å². The molecule has 1 saturated heterocycles. The minimum absolute atomic E-state index is 0.130. The summed E-state index contributed by atoms with van der Waals surface area (Å²) in [6.07, 6.45) is 3.03. The third-order valence-corrected chi connectivity index (χ3v) is 6.87. The molecule has 160 valence electrons. The molecule has 1 aliphatic heterocycles. The summed E-state index contributed by atoms with van der Waals surface area (Å²) in [4.78, 5) is 31.8. The number of hydrogen-bond donors (Lipinski definition) is 2. The van der Waals surface area contributed by atoms with E-state index >= 15 is 0 Å². The molecule has 1 saturated carbocycles. The van der Waals surface area contributed by atoms with Crippen LogP contribution in [0.5, 0.6) is 5.75 Å². The van der Waals surface area contributed by atoms with Gasteiger partial charge in [0.15, 0.2) is 6.10 Å². The summed E-state index contributed by atoms with van der Waals surface area (Å²) in [6, 6.07) is 4.73. The van der Waals surface area contributed by atoms with Gasteiger partial charge in [-0.05, 0) is 38.0 Å². The molecule has 1 atom stereocenters. The number of aromatic nitrogens is 1. The first-order valence-electron chi connectivity index (χ1n) is 9.60. The minimum Gasteiger partial charge on any atom is -0.479 e. The van der Waals surface area contributed by atoms with Crippen molar-refractivity contribution >= 4 is 46.4 Å². The lowest BCUT2D eigenvalue weighted by Gasteiger charge is -2.49. The van der Waals surface area contributed by atoms with Crippen molar-refractivity contribution in [2.24, 2.45) is 0 Å². The van der Waals surface area contributed by atoms with Crippen LogP contribution in [-0.4, -0.2) is 58.1 Å². The molecule has 2 aliphatic rings. The van der Waals surface area contributed by atoms with E-state index in [0.717, 1.165) is 17.8 Å². The second kappa shape index (κ2) is 8.34. The number of amides is 2. The van der Waals surface area contributed by atoms with Gasteiger partial charge in [-0.3, -0.25) is 9.59 Å². The fourth-order valence-corrected chi connectivity index (χ4v) is 4.79. The standard InChI is InChI=1S/C20H21Cl2N3O4S/c1-11(29-15-5-4-13(21)6-14(15)22)17(27)24-20(10-26)8-25(9-20)19(28)16-7-23-18(30-16)12-2-3-12/h4-7,11-12,26H,2-3,8-10H2,1H3,(H,24,27). The van der Waals surface area contributed by atoms with Crippen molar-refractivity contribution in [1.29, 1.82) is 0 Å². The summed E-state index contributed by atoms with van der Waals surface area (Å²) >= 11 is 13.4. The van der Waals surface area contributed by atoms with Gasteiger partial charge in [0.05, 0.1) is 28.4 Å². The Kier molecular flexibility index (Phi) is 5.94. The van der Waals surface area contributed by atoms with Gasteiger partial charge in [0.25, 0.3) is 11.8 Å². The zero-order valence-electron chi connectivity index (χ0n) is 16.2. The zero-order valence-corrected chi connectivity index (χ0v) is 18.6. The molecule has 2 fully saturated rings. The normalized spacial score (nSPS) is 18.5. The van der Waals surface area contributed by atoms with Gasteiger partial charge in [-0.15, -0.1) is 11.3 Å². The maximum absolute atomic E-state index is 12.7. The number of aliphatic hydroxyl groups excluding tert-OH is 1. The Labute approximate surface area is 187 Å². The first-order chi connectivity index (χ1) is 14.3. The predicted octanol–water partition coefficient (Wildman–Crippen LogP) is 3.10. The molecule has 7 nitrogen and oxygen atoms in total. The average molecular weight is 470 g/mol. The number of benzene rings is 1. The van der Waals surface area contributed by atoms with E-state index in [1.165, 1.54) is 17.4 Å². The highest BCUT2D eigenvalue weighted by molar-refractivity contribution is 7.13. The number of carbonyl (C=O) groups excluding carboxylic acids is 2. The van der Waals surface area contributed by atoms with Crippen molar-refractivity contribution < 1.29 is 19.4 Å². The van der Waals surface area contributed by atoms with Crippen LogP contribution >= 0.6 is 34.5 Å². The number of halogens is 2. The highest BCUT2D eigenvalue weighted by Crippen LogP contribution is 2.42. The molecule has 2 heterocycles. The molecular weight excluding hydrogens is 449 g/mol. The lowest BCUT2D eigenvalue weighted by Crippen LogP contribution is -2.73. The van der Waals surface area contributed by atoms with Gasteiger partial charge in [0, 0.05) is 24.0 Å². The molecule has 2 N–H and O–H groups in total. The number of nitrogens with zero attached hydrogens (tertiary/aromatic N) is 2. The minimum atomic E-state index is -0.891. The van der Waals surface area contributed by atoms with Gasteiger partial charge < -0.3 is 20.1 Å². The van der Waals surface area contributed by atoms with Crippen LogP contribution in [0.1, 0.15) is 40.4 Å². The molecule has 10 heteroatoms. The number of likely N-dealkylation sites (tertiary alicyclic amines) is 1. The van der Waals surface area contributed by atoms with Crippen LogP contribution in [0.25, 0.3) is 0 Å². The highest BCUT2D eigenvalue weighted by atomic mass is 35.5. The zero-order chi connectivity index (χ0) is 21.5. The lowest BCUT2D eigenvalue weighted by atomic mass is 9.90. The van der Waals surface area contributed by atoms with Crippen LogP contribution in [0.4, 0.5) is 0 Å². The maximum Gasteiger partial charge on any atom is 0.265 e. The van der Waals surface area contributed by atoms with E-state index in [1.54, 1.807) is 30.2 Å². The second-order valence-corrected chi connectivity index (χ2v) is 9.67. The van der Waals surface area contributed by atoms with Crippen LogP contribution in [0.15, 0.2) is 24.4 Å². The molecule has 2 aromatic rings. The van der Waals surface area contributed by atoms with Gasteiger partial charge >= 0.3 is 0 Å². The fourth-order valence-electron chi connectivity index (χ4n) is 3.29. The van der Waals surface area contributed by atoms with Gasteiger partial charge in [0.1, 0.15) is 10.6 Å². The van der Waals surface area contributed by atoms with Crippen LogP contribution < -0.4 is 10.1 Å². The van der Waals surface area contributed by atoms with Gasteiger partial charge in [0.2, 0.25) is 0 Å². The topological polar surface area (TPSA) is 91.8 Å². The van der Waals surface area contributed by atoms with Crippen LogP contribution in [0.2, 0.25) is 10.0 Å². The molecule has 2 amide bonds. The van der Waals surface area contributed by atoms with Crippen molar-refractivity contribution in [3.8, 4) is 5.75 Å². The molecule has 0 bridgehead atoms. The summed E-state index contributed by atoms with van der Waals surface area (Å²) in [5.41, 5.74) is -0.891. The maximum atomic E-state index is 12.7. The molecule has 4 rings (SSSR count). The van der Waals surface area contributed by atoms with Crippen LogP contribution in [0, 0.1) is 0 Å². The number of ether oxygens (including phenoxy) is 1. The van der Waals surface area contributed by atoms with Crippen molar-refractivity contribution in [2.75, 3.05) is 19.7 Å². The molecule has 0 spiro atoms. The van der Waals surface area contributed by atoms with E-state index < -0.39 is 17.6 Å². The smallest absolute Gasteiger partial charge is 0.265 e. The first-order valence-corrected chi connectivity index (χ1v) is 11.2. The third kappa shape index (κ3) is 4.42. The summed E-state index contributed by atoms with van der Waals surface area (Å²) in [6.45, 7) is 1.74. The molecule has 1 aromatic heterocycles. The summed E-state index contributed by atoms with van der Waals surface area (Å²) in [5.74, 6) is 0.300. The Balaban J connectivity index is 1.33. The second-order valence-electron chi connectivity index (χ2n) is 7.76. The molecular formula is C20H21Cl2N3O4S. The van der Waals surface area contributed by atoms with E-state index in [1.807, 2.05) is 0 Å². The molecule has 1 aliphatic carbocycles. The van der Waals surface area contributed by atoms with Gasteiger partial charge in [-0.1, -0.05) is 23.2 Å². The average Bonchev–Trinajstić information content (AvgIpc) is 3.42. The number of aliphatic hydroxyl groups is 1. The predicted molar refractivity (Wildman–Crippen MR) is 115 cm³/mol. The summed E-state index contributed by atoms with van der Waals surface area (Å²) in [7, 11) is 0. The van der Waals surface area contributed by atoms with Crippen molar-refractivity contribution in [3.63, 3.8) is 0 Å². The highest BCUT2D eigenvalue weighted by Gasteiger charge is 2.47. The van der Waals surface area contributed by atoms with E-state index in [4.69, 9.17) is 27.9 Å². The Morgan fingerprint density at radius 3 is 2.77 bits per heavy atom. The first kappa shape index (κ1) is 21.4. The Morgan fingerprint density at radius 2 is 2.13 bits per heavy atom. The Morgan fingerprint density at radius 1 is 1.40 bits per heavy atom. The van der Waals surface area contributed by atoms with Crippen molar-refractivity contribution in [3.05, 3.63) is 44.3 Å². The number of nitrogens with one attached hydrogen (secondary N) is 1. The van der Waals surface area contributed by atoms with Gasteiger partial charge in [-0.25, -0.2) is 4.98 Å². The third-order valence-electron chi connectivity index (χ3n) is 5.19. The van der Waals surface area contributed by atoms with E-state index in [0.29, 0.717) is 26.6 Å². The molecule has 0 radical (unpaired) electrons. The molecule has 30 heavy (non-hydrogen) atoms. The monoisotopic (exact) mass is 469 g/mol.